The summed E-state index contributed by atoms with van der Waals surface area (Å²) < 4.78 is 0. The zero-order valence-corrected chi connectivity index (χ0v) is 31.0. The Labute approximate surface area is 323 Å². The lowest BCUT2D eigenvalue weighted by Crippen LogP contribution is -2.55. The first kappa shape index (κ1) is 31.4. The van der Waals surface area contributed by atoms with E-state index in [1.54, 1.807) is 11.1 Å². The first-order valence-electron chi connectivity index (χ1n) is 20.4. The van der Waals surface area contributed by atoms with Gasteiger partial charge in [0.15, 0.2) is 0 Å². The lowest BCUT2D eigenvalue weighted by atomic mass is 9.43. The van der Waals surface area contributed by atoms with Gasteiger partial charge in [-0.25, -0.2) is 0 Å². The molecule has 1 nitrogen and oxygen atoms in total. The van der Waals surface area contributed by atoms with E-state index in [-0.39, 0.29) is 5.41 Å². The van der Waals surface area contributed by atoms with Gasteiger partial charge in [-0.2, -0.15) is 0 Å². The minimum Gasteiger partial charge on any atom is -0.310 e. The van der Waals surface area contributed by atoms with Gasteiger partial charge in [-0.3, -0.25) is 0 Å². The van der Waals surface area contributed by atoms with Gasteiger partial charge < -0.3 is 4.90 Å². The molecule has 5 aliphatic rings. The van der Waals surface area contributed by atoms with Crippen molar-refractivity contribution in [1.29, 1.82) is 0 Å². The predicted molar refractivity (Wildman–Crippen MR) is 230 cm³/mol. The van der Waals surface area contributed by atoms with Gasteiger partial charge in [0.05, 0.1) is 0 Å². The van der Waals surface area contributed by atoms with Crippen molar-refractivity contribution in [3.05, 3.63) is 187 Å². The molecule has 264 valence electrons. The van der Waals surface area contributed by atoms with Crippen LogP contribution < -0.4 is 4.90 Å². The Hall–Kier alpha value is -5.92. The molecule has 0 unspecified atom stereocenters. The van der Waals surface area contributed by atoms with Crippen LogP contribution in [0.5, 0.6) is 0 Å². The van der Waals surface area contributed by atoms with Gasteiger partial charge in [0.25, 0.3) is 0 Å². The highest BCUT2D eigenvalue weighted by molar-refractivity contribution is 5.91. The number of hydrogen-bond acceptors (Lipinski definition) is 1. The minimum absolute atomic E-state index is 0.182. The van der Waals surface area contributed by atoms with E-state index in [0.29, 0.717) is 0 Å². The molecule has 0 N–H and O–H groups in total. The maximum atomic E-state index is 2.61. The Morgan fingerprint density at radius 3 is 1.47 bits per heavy atom. The van der Waals surface area contributed by atoms with E-state index in [1.807, 2.05) is 0 Å². The van der Waals surface area contributed by atoms with Crippen LogP contribution >= 0.6 is 0 Å². The van der Waals surface area contributed by atoms with Crippen LogP contribution in [0.2, 0.25) is 0 Å². The van der Waals surface area contributed by atoms with Crippen LogP contribution in [-0.2, 0) is 5.41 Å². The van der Waals surface area contributed by atoms with E-state index in [2.05, 4.69) is 181 Å². The van der Waals surface area contributed by atoms with Gasteiger partial charge in [-0.15, -0.1) is 0 Å². The van der Waals surface area contributed by atoms with Crippen LogP contribution in [0.25, 0.3) is 54.9 Å². The second-order valence-electron chi connectivity index (χ2n) is 17.0. The van der Waals surface area contributed by atoms with Gasteiger partial charge in [0, 0.05) is 22.5 Å². The zero-order chi connectivity index (χ0) is 36.1. The van der Waals surface area contributed by atoms with E-state index in [1.165, 1.54) is 87.0 Å². The quantitative estimate of drug-likeness (QED) is 0.172. The van der Waals surface area contributed by atoms with Crippen LogP contribution in [0.4, 0.5) is 17.1 Å². The molecule has 0 radical (unpaired) electrons. The Kier molecular flexibility index (Phi) is 6.88. The first-order chi connectivity index (χ1) is 27.2. The monoisotopic (exact) mass is 705 g/mol. The molecule has 5 aliphatic carbocycles. The van der Waals surface area contributed by atoms with Gasteiger partial charge in [0.1, 0.15) is 0 Å². The summed E-state index contributed by atoms with van der Waals surface area (Å²) >= 11 is 0. The van der Waals surface area contributed by atoms with E-state index >= 15 is 0 Å². The van der Waals surface area contributed by atoms with Crippen LogP contribution in [0.3, 0.4) is 0 Å². The Balaban J connectivity index is 0.931. The van der Waals surface area contributed by atoms with Crippen molar-refractivity contribution in [2.75, 3.05) is 4.90 Å². The highest BCUT2D eigenvalue weighted by Gasteiger charge is 2.61. The number of hydrogen-bond donors (Lipinski definition) is 0. The second-order valence-corrected chi connectivity index (χ2v) is 17.0. The van der Waals surface area contributed by atoms with E-state index < -0.39 is 0 Å². The van der Waals surface area contributed by atoms with Crippen molar-refractivity contribution in [2.45, 2.75) is 37.5 Å². The second kappa shape index (κ2) is 12.0. The molecule has 1 spiro atoms. The van der Waals surface area contributed by atoms with Gasteiger partial charge in [0.2, 0.25) is 0 Å². The summed E-state index contributed by atoms with van der Waals surface area (Å²) in [6.45, 7) is 0. The maximum Gasteiger partial charge on any atom is 0.0468 e. The molecule has 0 aliphatic heterocycles. The SMILES string of the molecule is c1ccc2c(c1)-c1ccc(-c3ccc(N(c4ccc(-c5ccc6ccccc6c5)cc4)c4ccc5ccccc5c4)cc3)cc1C21C2CC3CC(C2)CC1C3. The average Bonchev–Trinajstić information content (AvgIpc) is 3.53. The van der Waals surface area contributed by atoms with Gasteiger partial charge in [-0.1, -0.05) is 127 Å². The Morgan fingerprint density at radius 1 is 0.345 bits per heavy atom. The molecule has 4 bridgehead atoms. The molecule has 0 amide bonds. The van der Waals surface area contributed by atoms with Gasteiger partial charge in [-0.05, 0) is 170 Å². The molecule has 0 saturated heterocycles. The standard InChI is InChI=1S/C54H43N/c1-3-9-41-32-43(14-13-37(41)7-1)39-15-21-47(22-16-39)55(49-25-19-38-8-2-4-10-42(38)33-49)48-23-17-40(18-24-48)44-20-26-51-50-11-5-6-12-52(50)54(53(51)34-44)45-28-35-27-36(30-45)31-46(54)29-35/h1-26,32-36,45-46H,27-31H2. The van der Waals surface area contributed by atoms with Crippen molar-refractivity contribution in [2.24, 2.45) is 23.7 Å². The van der Waals surface area contributed by atoms with E-state index in [0.717, 1.165) is 40.7 Å². The minimum atomic E-state index is 0.182. The molecule has 4 fully saturated rings. The molecule has 8 aromatic carbocycles. The molecule has 55 heavy (non-hydrogen) atoms. The highest BCUT2D eigenvalue weighted by Crippen LogP contribution is 2.69. The predicted octanol–water partition coefficient (Wildman–Crippen LogP) is 14.5. The molecule has 0 atom stereocenters. The molecule has 0 heterocycles. The number of fused-ring (bicyclic) bond motifs is 5. The van der Waals surface area contributed by atoms with Crippen LogP contribution in [-0.4, -0.2) is 0 Å². The van der Waals surface area contributed by atoms with Crippen LogP contribution in [0.15, 0.2) is 176 Å². The number of rotatable bonds is 5. The molecule has 4 saturated carbocycles. The molecular weight excluding hydrogens is 663 g/mol. The van der Waals surface area contributed by atoms with Crippen molar-refractivity contribution in [1.82, 2.24) is 0 Å². The number of benzene rings is 8. The zero-order valence-electron chi connectivity index (χ0n) is 31.0. The molecule has 8 aromatic rings. The summed E-state index contributed by atoms with van der Waals surface area (Å²) in [6.07, 6.45) is 7.12. The Morgan fingerprint density at radius 2 is 0.818 bits per heavy atom. The smallest absolute Gasteiger partial charge is 0.0468 e. The third-order valence-electron chi connectivity index (χ3n) is 14.2. The van der Waals surface area contributed by atoms with Crippen molar-refractivity contribution >= 4 is 38.6 Å². The fourth-order valence-electron chi connectivity index (χ4n) is 12.1. The summed E-state index contributed by atoms with van der Waals surface area (Å²) in [5, 5.41) is 5.03. The lowest BCUT2D eigenvalue weighted by molar-refractivity contribution is -0.0399. The van der Waals surface area contributed by atoms with Crippen LogP contribution in [0, 0.1) is 23.7 Å². The van der Waals surface area contributed by atoms with Crippen LogP contribution in [0.1, 0.15) is 43.2 Å². The molecule has 0 aromatic heterocycles. The maximum absolute atomic E-state index is 2.61. The molecule has 13 rings (SSSR count). The fraction of sp³-hybridized carbons (Fsp3) is 0.185. The summed E-state index contributed by atoms with van der Waals surface area (Å²) in [5.74, 6) is 3.43. The first-order valence-corrected chi connectivity index (χ1v) is 20.4. The summed E-state index contributed by atoms with van der Waals surface area (Å²) in [4.78, 5) is 2.41. The largest absolute Gasteiger partial charge is 0.310 e. The third kappa shape index (κ3) is 4.78. The summed E-state index contributed by atoms with van der Waals surface area (Å²) in [7, 11) is 0. The average molecular weight is 706 g/mol. The van der Waals surface area contributed by atoms with Crippen molar-refractivity contribution in [3.8, 4) is 33.4 Å². The summed E-state index contributed by atoms with van der Waals surface area (Å²) in [5.41, 5.74) is 14.9. The topological polar surface area (TPSA) is 3.24 Å². The molecular formula is C54H43N. The lowest BCUT2D eigenvalue weighted by Gasteiger charge is -2.61. The van der Waals surface area contributed by atoms with Crippen molar-refractivity contribution < 1.29 is 0 Å². The summed E-state index contributed by atoms with van der Waals surface area (Å²) in [6, 6.07) is 66.2. The Bertz CT molecular complexity index is 2740. The normalized spacial score (nSPS) is 23.0. The number of anilines is 3. The van der Waals surface area contributed by atoms with E-state index in [9.17, 15) is 0 Å². The molecule has 1 heteroatoms. The number of nitrogens with zero attached hydrogens (tertiary/aromatic N) is 1. The third-order valence-corrected chi connectivity index (χ3v) is 14.2. The van der Waals surface area contributed by atoms with Gasteiger partial charge >= 0.3 is 0 Å². The van der Waals surface area contributed by atoms with E-state index in [4.69, 9.17) is 0 Å². The highest BCUT2D eigenvalue weighted by atomic mass is 15.1. The fourth-order valence-corrected chi connectivity index (χ4v) is 12.1. The van der Waals surface area contributed by atoms with Crippen molar-refractivity contribution in [3.63, 3.8) is 0 Å².